The maximum Gasteiger partial charge on any atom is 0.0468 e. The minimum atomic E-state index is 1.11. The van der Waals surface area contributed by atoms with Gasteiger partial charge < -0.3 is 4.90 Å². The lowest BCUT2D eigenvalue weighted by atomic mass is 9.89. The van der Waals surface area contributed by atoms with Gasteiger partial charge in [-0.3, -0.25) is 0 Å². The van der Waals surface area contributed by atoms with Gasteiger partial charge in [0.25, 0.3) is 0 Å². The summed E-state index contributed by atoms with van der Waals surface area (Å²) in [5, 5.41) is 10.2. The second-order valence-electron chi connectivity index (χ2n) is 14.5. The van der Waals surface area contributed by atoms with Gasteiger partial charge in [0.1, 0.15) is 0 Å². The topological polar surface area (TPSA) is 3.24 Å². The van der Waals surface area contributed by atoms with Crippen LogP contribution in [-0.2, 0) is 0 Å². The lowest BCUT2D eigenvalue weighted by molar-refractivity contribution is 1.29. The summed E-state index contributed by atoms with van der Waals surface area (Å²) in [6, 6.07) is 77.7. The highest BCUT2D eigenvalue weighted by Crippen LogP contribution is 2.43. The Kier molecular flexibility index (Phi) is 7.75. The molecule has 1 heterocycles. The van der Waals surface area contributed by atoms with Gasteiger partial charge in [-0.25, -0.2) is 0 Å². The fourth-order valence-electron chi connectivity index (χ4n) is 8.51. The maximum absolute atomic E-state index is 2.38. The zero-order chi connectivity index (χ0) is 37.0. The first-order valence-electron chi connectivity index (χ1n) is 19.2. The van der Waals surface area contributed by atoms with Crippen molar-refractivity contribution in [2.24, 2.45) is 0 Å². The van der Waals surface area contributed by atoms with Crippen molar-refractivity contribution in [1.82, 2.24) is 0 Å². The zero-order valence-corrected chi connectivity index (χ0v) is 31.4. The highest BCUT2D eigenvalue weighted by atomic mass is 32.1. The summed E-state index contributed by atoms with van der Waals surface area (Å²) in [6.45, 7) is 0. The van der Waals surface area contributed by atoms with Gasteiger partial charge in [-0.1, -0.05) is 152 Å². The van der Waals surface area contributed by atoms with E-state index < -0.39 is 0 Å². The summed E-state index contributed by atoms with van der Waals surface area (Å²) >= 11 is 1.87. The molecular weight excluding hydrogens is 695 g/mol. The molecule has 0 spiro atoms. The van der Waals surface area contributed by atoms with Crippen molar-refractivity contribution >= 4 is 80.9 Å². The van der Waals surface area contributed by atoms with Crippen molar-refractivity contribution in [1.29, 1.82) is 0 Å². The van der Waals surface area contributed by atoms with Crippen LogP contribution in [0.25, 0.3) is 85.9 Å². The minimum absolute atomic E-state index is 1.11. The Morgan fingerprint density at radius 3 is 1.64 bits per heavy atom. The quantitative estimate of drug-likeness (QED) is 0.154. The summed E-state index contributed by atoms with van der Waals surface area (Å²) in [4.78, 5) is 2.38. The average molecular weight is 730 g/mol. The average Bonchev–Trinajstić information content (AvgIpc) is 3.63. The lowest BCUT2D eigenvalue weighted by Gasteiger charge is -2.26. The molecule has 0 amide bonds. The first-order valence-corrected chi connectivity index (χ1v) is 20.0. The maximum atomic E-state index is 2.38. The molecule has 0 aliphatic rings. The molecule has 11 rings (SSSR count). The molecule has 0 atom stereocenters. The van der Waals surface area contributed by atoms with Crippen molar-refractivity contribution in [3.8, 4) is 33.4 Å². The van der Waals surface area contributed by atoms with Crippen molar-refractivity contribution in [2.45, 2.75) is 0 Å². The van der Waals surface area contributed by atoms with E-state index in [0.717, 1.165) is 17.1 Å². The molecule has 56 heavy (non-hydrogen) atoms. The lowest BCUT2D eigenvalue weighted by Crippen LogP contribution is -2.09. The molecule has 0 N–H and O–H groups in total. The second-order valence-corrected chi connectivity index (χ2v) is 15.6. The van der Waals surface area contributed by atoms with Gasteiger partial charge in [-0.05, 0) is 126 Å². The SMILES string of the molecule is c1ccc(-c2ccc(N(c3ccc(-c4ccccc4-c4cc5ccccc5c5ccccc45)cc3)c3ccc4cc5c(cc4c3)sc3ccccc35)cc2)cc1. The molecule has 0 bridgehead atoms. The third kappa shape index (κ3) is 5.54. The van der Waals surface area contributed by atoms with E-state index in [4.69, 9.17) is 0 Å². The van der Waals surface area contributed by atoms with Crippen molar-refractivity contribution < 1.29 is 0 Å². The number of hydrogen-bond acceptors (Lipinski definition) is 2. The number of rotatable bonds is 6. The number of benzene rings is 10. The predicted octanol–water partition coefficient (Wildman–Crippen LogP) is 16.0. The molecule has 0 aliphatic carbocycles. The highest BCUT2D eigenvalue weighted by molar-refractivity contribution is 7.25. The molecule has 262 valence electrons. The van der Waals surface area contributed by atoms with Crippen LogP contribution in [0.3, 0.4) is 0 Å². The van der Waals surface area contributed by atoms with Crippen LogP contribution < -0.4 is 4.90 Å². The highest BCUT2D eigenvalue weighted by Gasteiger charge is 2.17. The number of thiophene rings is 1. The van der Waals surface area contributed by atoms with E-state index in [1.54, 1.807) is 0 Å². The smallest absolute Gasteiger partial charge is 0.0468 e. The Morgan fingerprint density at radius 1 is 0.268 bits per heavy atom. The van der Waals surface area contributed by atoms with Gasteiger partial charge in [0.15, 0.2) is 0 Å². The van der Waals surface area contributed by atoms with Crippen molar-refractivity contribution in [3.05, 3.63) is 212 Å². The molecule has 1 nitrogen and oxygen atoms in total. The standard InChI is InChI=1S/C54H35NS/c1-2-12-36(13-3-1)37-22-27-42(28-23-37)55(44-31-26-39-33-52-50-20-10-11-21-53(50)56-54(52)35-41(39)32-44)43-29-24-38(25-30-43)45-15-6-7-18-48(45)51-34-40-14-4-5-16-46(40)47-17-8-9-19-49(47)51/h1-35H. The Labute approximate surface area is 330 Å². The van der Waals surface area contributed by atoms with E-state index in [1.165, 1.54) is 85.9 Å². The Morgan fingerprint density at radius 2 is 0.857 bits per heavy atom. The Balaban J connectivity index is 1.03. The minimum Gasteiger partial charge on any atom is -0.310 e. The van der Waals surface area contributed by atoms with Crippen LogP contribution in [0, 0.1) is 0 Å². The second kappa shape index (κ2) is 13.4. The number of fused-ring (bicyclic) bond motifs is 7. The number of hydrogen-bond donors (Lipinski definition) is 0. The van der Waals surface area contributed by atoms with E-state index in [1.807, 2.05) is 11.3 Å². The summed E-state index contributed by atoms with van der Waals surface area (Å²) in [6.07, 6.45) is 0. The molecular formula is C54H35NS. The molecule has 11 aromatic rings. The van der Waals surface area contributed by atoms with Gasteiger partial charge >= 0.3 is 0 Å². The van der Waals surface area contributed by atoms with Crippen LogP contribution in [0.2, 0.25) is 0 Å². The van der Waals surface area contributed by atoms with Crippen LogP contribution in [0.5, 0.6) is 0 Å². The van der Waals surface area contributed by atoms with Crippen molar-refractivity contribution in [2.75, 3.05) is 4.90 Å². The summed E-state index contributed by atoms with van der Waals surface area (Å²) in [5.41, 5.74) is 10.7. The molecule has 0 radical (unpaired) electrons. The molecule has 1 aromatic heterocycles. The van der Waals surface area contributed by atoms with Gasteiger partial charge in [-0.2, -0.15) is 0 Å². The van der Waals surface area contributed by atoms with E-state index in [9.17, 15) is 0 Å². The fraction of sp³-hybridized carbons (Fsp3) is 0. The largest absolute Gasteiger partial charge is 0.310 e. The molecule has 0 saturated heterocycles. The van der Waals surface area contributed by atoms with E-state index in [2.05, 4.69) is 217 Å². The predicted molar refractivity (Wildman–Crippen MR) is 243 cm³/mol. The normalized spacial score (nSPS) is 11.6. The fourth-order valence-corrected chi connectivity index (χ4v) is 9.65. The molecule has 0 saturated carbocycles. The van der Waals surface area contributed by atoms with Crippen LogP contribution in [0.1, 0.15) is 0 Å². The molecule has 10 aromatic carbocycles. The molecule has 0 aliphatic heterocycles. The first-order chi connectivity index (χ1) is 27.7. The summed E-state index contributed by atoms with van der Waals surface area (Å²) in [5.74, 6) is 0. The van der Waals surface area contributed by atoms with Crippen LogP contribution in [0.15, 0.2) is 212 Å². The van der Waals surface area contributed by atoms with Gasteiger partial charge in [0, 0.05) is 37.2 Å². The Hall–Kier alpha value is -7.00. The van der Waals surface area contributed by atoms with E-state index >= 15 is 0 Å². The first kappa shape index (κ1) is 32.4. The summed E-state index contributed by atoms with van der Waals surface area (Å²) < 4.78 is 2.64. The van der Waals surface area contributed by atoms with Crippen LogP contribution in [-0.4, -0.2) is 0 Å². The summed E-state index contributed by atoms with van der Waals surface area (Å²) in [7, 11) is 0. The number of anilines is 3. The van der Waals surface area contributed by atoms with Crippen molar-refractivity contribution in [3.63, 3.8) is 0 Å². The monoisotopic (exact) mass is 729 g/mol. The molecule has 0 fully saturated rings. The van der Waals surface area contributed by atoms with Gasteiger partial charge in [0.2, 0.25) is 0 Å². The van der Waals surface area contributed by atoms with E-state index in [-0.39, 0.29) is 0 Å². The Bertz CT molecular complexity index is 3230. The zero-order valence-electron chi connectivity index (χ0n) is 30.6. The molecule has 2 heteroatoms. The van der Waals surface area contributed by atoms with Crippen LogP contribution >= 0.6 is 11.3 Å². The molecule has 0 unspecified atom stereocenters. The van der Waals surface area contributed by atoms with E-state index in [0.29, 0.717) is 0 Å². The van der Waals surface area contributed by atoms with Gasteiger partial charge in [0.05, 0.1) is 0 Å². The van der Waals surface area contributed by atoms with Crippen LogP contribution in [0.4, 0.5) is 17.1 Å². The third-order valence-corrected chi connectivity index (χ3v) is 12.4. The third-order valence-electron chi connectivity index (χ3n) is 11.2. The number of nitrogens with zero attached hydrogens (tertiary/aromatic N) is 1. The van der Waals surface area contributed by atoms with Gasteiger partial charge in [-0.15, -0.1) is 11.3 Å².